The Bertz CT molecular complexity index is 593. The van der Waals surface area contributed by atoms with E-state index in [1.807, 2.05) is 31.2 Å². The quantitative estimate of drug-likeness (QED) is 0.841. The number of amides is 2. The first-order valence-corrected chi connectivity index (χ1v) is 6.35. The molecule has 1 aliphatic heterocycles. The van der Waals surface area contributed by atoms with Gasteiger partial charge in [0.25, 0.3) is 0 Å². The molecule has 0 bridgehead atoms. The van der Waals surface area contributed by atoms with Gasteiger partial charge in [-0.15, -0.1) is 0 Å². The minimum Gasteiger partial charge on any atom is -0.466 e. The van der Waals surface area contributed by atoms with Gasteiger partial charge in [-0.3, -0.25) is 0 Å². The lowest BCUT2D eigenvalue weighted by atomic mass is 9.94. The lowest BCUT2D eigenvalue weighted by Crippen LogP contribution is -2.46. The van der Waals surface area contributed by atoms with Crippen molar-refractivity contribution in [3.63, 3.8) is 0 Å². The molecule has 0 spiro atoms. The molecule has 5 heteroatoms. The molecule has 0 unspecified atom stereocenters. The summed E-state index contributed by atoms with van der Waals surface area (Å²) in [6, 6.07) is 6.99. The Morgan fingerprint density at radius 1 is 1.35 bits per heavy atom. The van der Waals surface area contributed by atoms with Gasteiger partial charge in [-0.05, 0) is 19.4 Å². The van der Waals surface area contributed by atoms with Crippen molar-refractivity contribution in [3.05, 3.63) is 46.7 Å². The van der Waals surface area contributed by atoms with E-state index in [0.29, 0.717) is 11.3 Å². The fourth-order valence-corrected chi connectivity index (χ4v) is 2.31. The molecule has 5 nitrogen and oxygen atoms in total. The van der Waals surface area contributed by atoms with Crippen LogP contribution >= 0.6 is 0 Å². The number of esters is 1. The van der Waals surface area contributed by atoms with Crippen LogP contribution in [0.25, 0.3) is 0 Å². The van der Waals surface area contributed by atoms with Gasteiger partial charge in [-0.1, -0.05) is 29.8 Å². The maximum absolute atomic E-state index is 12.0. The molecular weight excluding hydrogens is 256 g/mol. The van der Waals surface area contributed by atoms with Crippen LogP contribution in [0.15, 0.2) is 35.5 Å². The van der Waals surface area contributed by atoms with E-state index >= 15 is 0 Å². The number of hydrogen-bond donors (Lipinski definition) is 1. The van der Waals surface area contributed by atoms with Crippen LogP contribution in [-0.2, 0) is 9.53 Å². The second kappa shape index (κ2) is 5.36. The van der Waals surface area contributed by atoms with Gasteiger partial charge in [0.1, 0.15) is 0 Å². The molecule has 0 fully saturated rings. The molecule has 0 aromatic heterocycles. The molecule has 106 valence electrons. The summed E-state index contributed by atoms with van der Waals surface area (Å²) in [6.07, 6.45) is 0. The van der Waals surface area contributed by atoms with Gasteiger partial charge in [0.05, 0.1) is 18.7 Å². The number of methoxy groups -OCH3 is 1. The van der Waals surface area contributed by atoms with Crippen molar-refractivity contribution in [3.8, 4) is 0 Å². The van der Waals surface area contributed by atoms with Crippen molar-refractivity contribution in [2.75, 3.05) is 14.2 Å². The number of nitrogens with zero attached hydrogens (tertiary/aromatic N) is 1. The SMILES string of the molecule is COC(=O)C1=C(C)N(C)C(=O)N[C@@H]1c1cccc(C)c1. The molecule has 0 aliphatic carbocycles. The molecule has 1 N–H and O–H groups in total. The summed E-state index contributed by atoms with van der Waals surface area (Å²) >= 11 is 0. The number of carbonyl (C=O) groups excluding carboxylic acids is 2. The van der Waals surface area contributed by atoms with E-state index in [1.54, 1.807) is 14.0 Å². The number of hydrogen-bond acceptors (Lipinski definition) is 3. The van der Waals surface area contributed by atoms with Gasteiger partial charge in [-0.25, -0.2) is 9.59 Å². The number of allylic oxidation sites excluding steroid dienone is 1. The topological polar surface area (TPSA) is 58.6 Å². The van der Waals surface area contributed by atoms with E-state index in [-0.39, 0.29) is 6.03 Å². The third-order valence-corrected chi connectivity index (χ3v) is 3.53. The molecular formula is C15H18N2O3. The summed E-state index contributed by atoms with van der Waals surface area (Å²) in [4.78, 5) is 25.4. The smallest absolute Gasteiger partial charge is 0.337 e. The molecule has 0 saturated heterocycles. The first-order valence-electron chi connectivity index (χ1n) is 6.35. The summed E-state index contributed by atoms with van der Waals surface area (Å²) in [6.45, 7) is 3.71. The van der Waals surface area contributed by atoms with E-state index in [0.717, 1.165) is 11.1 Å². The van der Waals surface area contributed by atoms with Crippen LogP contribution < -0.4 is 5.32 Å². The maximum Gasteiger partial charge on any atom is 0.337 e. The van der Waals surface area contributed by atoms with E-state index < -0.39 is 12.0 Å². The van der Waals surface area contributed by atoms with Crippen LogP contribution in [-0.4, -0.2) is 31.1 Å². The number of aryl methyl sites for hydroxylation is 1. The summed E-state index contributed by atoms with van der Waals surface area (Å²) < 4.78 is 4.85. The Kier molecular flexibility index (Phi) is 3.79. The molecule has 2 amide bonds. The Morgan fingerprint density at radius 3 is 2.65 bits per heavy atom. The average Bonchev–Trinajstić information content (AvgIpc) is 2.43. The Balaban J connectivity index is 2.55. The first-order chi connectivity index (χ1) is 9.45. The van der Waals surface area contributed by atoms with Crippen molar-refractivity contribution in [1.82, 2.24) is 10.2 Å². The summed E-state index contributed by atoms with van der Waals surface area (Å²) in [7, 11) is 2.96. The first kappa shape index (κ1) is 14.1. The van der Waals surface area contributed by atoms with Crippen LogP contribution in [0.4, 0.5) is 4.79 Å². The average molecular weight is 274 g/mol. The molecule has 20 heavy (non-hydrogen) atoms. The molecule has 1 aliphatic rings. The van der Waals surface area contributed by atoms with Gasteiger partial charge in [0.2, 0.25) is 0 Å². The van der Waals surface area contributed by atoms with E-state index in [4.69, 9.17) is 4.74 Å². The highest BCUT2D eigenvalue weighted by atomic mass is 16.5. The minimum absolute atomic E-state index is 0.235. The Labute approximate surface area is 118 Å². The Morgan fingerprint density at radius 2 is 2.05 bits per heavy atom. The molecule has 1 heterocycles. The van der Waals surface area contributed by atoms with Crippen molar-refractivity contribution < 1.29 is 14.3 Å². The minimum atomic E-state index is -0.481. The van der Waals surface area contributed by atoms with Crippen molar-refractivity contribution in [1.29, 1.82) is 0 Å². The molecule has 0 radical (unpaired) electrons. The van der Waals surface area contributed by atoms with Crippen LogP contribution in [0.5, 0.6) is 0 Å². The number of nitrogens with one attached hydrogen (secondary N) is 1. The maximum atomic E-state index is 12.0. The normalized spacial score (nSPS) is 18.9. The van der Waals surface area contributed by atoms with Gasteiger partial charge < -0.3 is 15.0 Å². The largest absolute Gasteiger partial charge is 0.466 e. The van der Waals surface area contributed by atoms with E-state index in [1.165, 1.54) is 12.0 Å². The van der Waals surface area contributed by atoms with Crippen molar-refractivity contribution >= 4 is 12.0 Å². The second-order valence-electron chi connectivity index (χ2n) is 4.85. The highest BCUT2D eigenvalue weighted by Crippen LogP contribution is 2.30. The monoisotopic (exact) mass is 274 g/mol. The number of carbonyl (C=O) groups is 2. The van der Waals surface area contributed by atoms with Crippen LogP contribution in [0.2, 0.25) is 0 Å². The van der Waals surface area contributed by atoms with Crippen molar-refractivity contribution in [2.24, 2.45) is 0 Å². The van der Waals surface area contributed by atoms with Crippen LogP contribution in [0.1, 0.15) is 24.1 Å². The lowest BCUT2D eigenvalue weighted by molar-refractivity contribution is -0.136. The number of benzene rings is 1. The summed E-state index contributed by atoms with van der Waals surface area (Å²) in [5.41, 5.74) is 3.00. The van der Waals surface area contributed by atoms with Gasteiger partial charge >= 0.3 is 12.0 Å². The number of ether oxygens (including phenoxy) is 1. The van der Waals surface area contributed by atoms with Crippen LogP contribution in [0.3, 0.4) is 0 Å². The second-order valence-corrected chi connectivity index (χ2v) is 4.85. The molecule has 0 saturated carbocycles. The summed E-state index contributed by atoms with van der Waals surface area (Å²) in [5, 5.41) is 2.83. The van der Waals surface area contributed by atoms with E-state index in [9.17, 15) is 9.59 Å². The standard InChI is InChI=1S/C15H18N2O3/c1-9-6-5-7-11(8-9)13-12(14(18)20-4)10(2)17(3)15(19)16-13/h5-8,13H,1-4H3,(H,16,19)/t13-/m1/s1. The zero-order valence-corrected chi connectivity index (χ0v) is 12.1. The number of urea groups is 1. The van der Waals surface area contributed by atoms with Gasteiger partial charge in [-0.2, -0.15) is 0 Å². The van der Waals surface area contributed by atoms with Gasteiger partial charge in [0.15, 0.2) is 0 Å². The molecule has 2 rings (SSSR count). The molecule has 1 aromatic carbocycles. The zero-order valence-electron chi connectivity index (χ0n) is 12.1. The highest BCUT2D eigenvalue weighted by molar-refractivity contribution is 5.94. The van der Waals surface area contributed by atoms with Crippen LogP contribution in [0, 0.1) is 6.92 Å². The van der Waals surface area contributed by atoms with Crippen molar-refractivity contribution in [2.45, 2.75) is 19.9 Å². The summed E-state index contributed by atoms with van der Waals surface area (Å²) in [5.74, 6) is -0.430. The lowest BCUT2D eigenvalue weighted by Gasteiger charge is -2.33. The highest BCUT2D eigenvalue weighted by Gasteiger charge is 2.34. The zero-order chi connectivity index (χ0) is 14.9. The fourth-order valence-electron chi connectivity index (χ4n) is 2.31. The third kappa shape index (κ3) is 2.39. The third-order valence-electron chi connectivity index (χ3n) is 3.53. The van der Waals surface area contributed by atoms with Gasteiger partial charge in [0, 0.05) is 12.7 Å². The predicted octanol–water partition coefficient (Wildman–Crippen LogP) is 2.14. The predicted molar refractivity (Wildman–Crippen MR) is 74.9 cm³/mol. The molecule has 1 atom stereocenters. The molecule has 1 aromatic rings. The van der Waals surface area contributed by atoms with E-state index in [2.05, 4.69) is 5.32 Å². The fraction of sp³-hybridized carbons (Fsp3) is 0.333. The Hall–Kier alpha value is -2.30. The number of rotatable bonds is 2.